The highest BCUT2D eigenvalue weighted by molar-refractivity contribution is 8.93. The first-order valence-corrected chi connectivity index (χ1v) is 8.07. The van der Waals surface area contributed by atoms with Gasteiger partial charge in [0.15, 0.2) is 0 Å². The van der Waals surface area contributed by atoms with Gasteiger partial charge in [-0.2, -0.15) is 0 Å². The van der Waals surface area contributed by atoms with Crippen molar-refractivity contribution < 1.29 is 9.53 Å². The van der Waals surface area contributed by atoms with Crippen LogP contribution in [0.2, 0.25) is 0 Å². The van der Waals surface area contributed by atoms with Crippen LogP contribution in [0, 0.1) is 0 Å². The molecule has 1 fully saturated rings. The maximum Gasteiger partial charge on any atom is 0.409 e. The van der Waals surface area contributed by atoms with E-state index in [0.29, 0.717) is 19.2 Å². The van der Waals surface area contributed by atoms with Crippen LogP contribution in [0.25, 0.3) is 10.2 Å². The molecular weight excluding hydrogens is 366 g/mol. The molecule has 1 N–H and O–H groups in total. The molecule has 2 aromatic rings. The molecule has 1 amide bonds. The number of hydrogen-bond donors (Lipinski definition) is 1. The van der Waals surface area contributed by atoms with Gasteiger partial charge in [0.05, 0.1) is 16.8 Å². The van der Waals surface area contributed by atoms with E-state index in [1.165, 1.54) is 4.70 Å². The number of halogens is 1. The summed E-state index contributed by atoms with van der Waals surface area (Å²) in [5.74, 6) is 0. The summed E-state index contributed by atoms with van der Waals surface area (Å²) in [5, 5.41) is 4.57. The smallest absolute Gasteiger partial charge is 0.409 e. The molecule has 0 bridgehead atoms. The van der Waals surface area contributed by atoms with Crippen molar-refractivity contribution in [3.05, 3.63) is 29.3 Å². The number of amides is 1. The molecule has 2 heterocycles. The largest absolute Gasteiger partial charge is 0.450 e. The summed E-state index contributed by atoms with van der Waals surface area (Å²) in [6, 6.07) is 8.49. The molecule has 1 unspecified atom stereocenters. The first kappa shape index (κ1) is 17.2. The van der Waals surface area contributed by atoms with Gasteiger partial charge in [0.1, 0.15) is 5.01 Å². The normalized spacial score (nSPS) is 17.5. The molecule has 0 spiro atoms. The fourth-order valence-corrected chi connectivity index (χ4v) is 3.45. The molecule has 0 saturated carbocycles. The number of fused-ring (bicyclic) bond motifs is 1. The fraction of sp³-hybridized carbons (Fsp3) is 0.467. The Bertz CT molecular complexity index is 601. The van der Waals surface area contributed by atoms with Crippen molar-refractivity contribution in [1.29, 1.82) is 0 Å². The number of rotatable bonds is 4. The molecule has 7 heteroatoms. The SMILES string of the molecule is Br.CCOC(=O)N1CCC(NCc2nc3ccccc3s2)C1. The topological polar surface area (TPSA) is 54.5 Å². The van der Waals surface area contributed by atoms with Crippen LogP contribution < -0.4 is 5.32 Å². The number of nitrogens with one attached hydrogen (secondary N) is 1. The second-order valence-corrected chi connectivity index (χ2v) is 6.20. The molecule has 120 valence electrons. The van der Waals surface area contributed by atoms with E-state index in [2.05, 4.69) is 16.4 Å². The molecule has 1 aliphatic heterocycles. The average molecular weight is 386 g/mol. The molecule has 5 nitrogen and oxygen atoms in total. The number of hydrogen-bond acceptors (Lipinski definition) is 5. The van der Waals surface area contributed by atoms with Gasteiger partial charge in [0, 0.05) is 25.7 Å². The zero-order chi connectivity index (χ0) is 14.7. The number of carbonyl (C=O) groups excluding carboxylic acids is 1. The summed E-state index contributed by atoms with van der Waals surface area (Å²) in [7, 11) is 0. The molecule has 1 aromatic carbocycles. The molecule has 22 heavy (non-hydrogen) atoms. The highest BCUT2D eigenvalue weighted by Gasteiger charge is 2.26. The Balaban J connectivity index is 0.00000176. The highest BCUT2D eigenvalue weighted by atomic mass is 79.9. The summed E-state index contributed by atoms with van der Waals surface area (Å²) >= 11 is 1.72. The number of carbonyl (C=O) groups is 1. The van der Waals surface area contributed by atoms with Gasteiger partial charge in [0.25, 0.3) is 0 Å². The Kier molecular flexibility index (Phi) is 6.16. The van der Waals surface area contributed by atoms with Crippen LogP contribution in [0.5, 0.6) is 0 Å². The Morgan fingerprint density at radius 1 is 1.50 bits per heavy atom. The van der Waals surface area contributed by atoms with Crippen LogP contribution in [0.1, 0.15) is 18.4 Å². The second kappa shape index (κ2) is 7.89. The average Bonchev–Trinajstić information content (AvgIpc) is 3.11. The van der Waals surface area contributed by atoms with Gasteiger partial charge >= 0.3 is 6.09 Å². The summed E-state index contributed by atoms with van der Waals surface area (Å²) in [4.78, 5) is 18.0. The van der Waals surface area contributed by atoms with Crippen LogP contribution >= 0.6 is 28.3 Å². The summed E-state index contributed by atoms with van der Waals surface area (Å²) in [6.07, 6.45) is 0.755. The third-order valence-electron chi connectivity index (χ3n) is 3.59. The van der Waals surface area contributed by atoms with Crippen LogP contribution in [0.4, 0.5) is 4.79 Å². The summed E-state index contributed by atoms with van der Waals surface area (Å²) in [5.41, 5.74) is 1.05. The van der Waals surface area contributed by atoms with E-state index in [-0.39, 0.29) is 23.1 Å². The lowest BCUT2D eigenvalue weighted by molar-refractivity contribution is 0.115. The van der Waals surface area contributed by atoms with Gasteiger partial charge in [-0.3, -0.25) is 0 Å². The standard InChI is InChI=1S/C15H19N3O2S.BrH/c1-2-20-15(19)18-8-7-11(10-18)16-9-14-17-12-5-3-4-6-13(12)21-14;/h3-6,11,16H,2,7-10H2,1H3;1H. The lowest BCUT2D eigenvalue weighted by Crippen LogP contribution is -2.35. The van der Waals surface area contributed by atoms with Crippen LogP contribution in [0.3, 0.4) is 0 Å². The zero-order valence-corrected chi connectivity index (χ0v) is 15.0. The van der Waals surface area contributed by atoms with Gasteiger partial charge in [-0.1, -0.05) is 12.1 Å². The van der Waals surface area contributed by atoms with Crippen molar-refractivity contribution in [2.75, 3.05) is 19.7 Å². The predicted octanol–water partition coefficient (Wildman–Crippen LogP) is 3.19. The molecule has 3 rings (SSSR count). The summed E-state index contributed by atoms with van der Waals surface area (Å²) in [6.45, 7) is 4.48. The third-order valence-corrected chi connectivity index (χ3v) is 4.63. The van der Waals surface area contributed by atoms with Gasteiger partial charge in [-0.15, -0.1) is 28.3 Å². The number of thiazole rings is 1. The maximum absolute atomic E-state index is 11.6. The van der Waals surface area contributed by atoms with E-state index >= 15 is 0 Å². The van der Waals surface area contributed by atoms with E-state index < -0.39 is 0 Å². The molecule has 0 radical (unpaired) electrons. The van der Waals surface area contributed by atoms with Crippen molar-refractivity contribution in [2.45, 2.75) is 25.9 Å². The van der Waals surface area contributed by atoms with Crippen molar-refractivity contribution in [2.24, 2.45) is 0 Å². The van der Waals surface area contributed by atoms with E-state index in [1.807, 2.05) is 25.1 Å². The van der Waals surface area contributed by atoms with Crippen molar-refractivity contribution in [3.63, 3.8) is 0 Å². The molecule has 0 aliphatic carbocycles. The minimum Gasteiger partial charge on any atom is -0.450 e. The Morgan fingerprint density at radius 2 is 2.32 bits per heavy atom. The van der Waals surface area contributed by atoms with E-state index in [0.717, 1.165) is 30.0 Å². The fourth-order valence-electron chi connectivity index (χ4n) is 2.53. The van der Waals surface area contributed by atoms with Gasteiger partial charge < -0.3 is 15.0 Å². The lowest BCUT2D eigenvalue weighted by atomic mass is 10.2. The third kappa shape index (κ3) is 3.97. The Morgan fingerprint density at radius 3 is 3.09 bits per heavy atom. The predicted molar refractivity (Wildman–Crippen MR) is 93.8 cm³/mol. The van der Waals surface area contributed by atoms with Crippen LogP contribution in [-0.2, 0) is 11.3 Å². The van der Waals surface area contributed by atoms with Crippen molar-refractivity contribution in [3.8, 4) is 0 Å². The molecule has 1 aliphatic rings. The number of nitrogens with zero attached hydrogens (tertiary/aromatic N) is 2. The number of ether oxygens (including phenoxy) is 1. The second-order valence-electron chi connectivity index (χ2n) is 5.09. The molecule has 1 atom stereocenters. The van der Waals surface area contributed by atoms with Gasteiger partial charge in [-0.05, 0) is 25.5 Å². The Hall–Kier alpha value is -1.18. The van der Waals surface area contributed by atoms with Crippen molar-refractivity contribution in [1.82, 2.24) is 15.2 Å². The monoisotopic (exact) mass is 385 g/mol. The number of para-hydroxylation sites is 1. The quantitative estimate of drug-likeness (QED) is 0.877. The first-order chi connectivity index (χ1) is 10.3. The van der Waals surface area contributed by atoms with Gasteiger partial charge in [0.2, 0.25) is 0 Å². The molecular formula is C15H20BrN3O2S. The maximum atomic E-state index is 11.6. The first-order valence-electron chi connectivity index (χ1n) is 7.26. The Labute approximate surface area is 144 Å². The van der Waals surface area contributed by atoms with Crippen molar-refractivity contribution >= 4 is 44.6 Å². The zero-order valence-electron chi connectivity index (χ0n) is 12.4. The van der Waals surface area contributed by atoms with Crippen LogP contribution in [0.15, 0.2) is 24.3 Å². The molecule has 1 aromatic heterocycles. The van der Waals surface area contributed by atoms with E-state index in [1.54, 1.807) is 16.2 Å². The summed E-state index contributed by atoms with van der Waals surface area (Å²) < 4.78 is 6.24. The molecule has 1 saturated heterocycles. The van der Waals surface area contributed by atoms with Gasteiger partial charge in [-0.25, -0.2) is 9.78 Å². The van der Waals surface area contributed by atoms with Crippen LogP contribution in [-0.4, -0.2) is 41.7 Å². The number of benzene rings is 1. The lowest BCUT2D eigenvalue weighted by Gasteiger charge is -2.15. The minimum atomic E-state index is -0.207. The number of likely N-dealkylation sites (tertiary alicyclic amines) is 1. The minimum absolute atomic E-state index is 0. The van der Waals surface area contributed by atoms with E-state index in [9.17, 15) is 4.79 Å². The van der Waals surface area contributed by atoms with E-state index in [4.69, 9.17) is 4.74 Å². The number of aromatic nitrogens is 1. The highest BCUT2D eigenvalue weighted by Crippen LogP contribution is 2.21.